The van der Waals surface area contributed by atoms with E-state index in [2.05, 4.69) is 38.3 Å². The van der Waals surface area contributed by atoms with E-state index in [0.717, 1.165) is 36.6 Å². The first kappa shape index (κ1) is 12.1. The lowest BCUT2D eigenvalue weighted by molar-refractivity contribution is 0.626. The smallest absolute Gasteiger partial charge is 0.150 e. The van der Waals surface area contributed by atoms with Crippen molar-refractivity contribution in [2.24, 2.45) is 7.05 Å². The van der Waals surface area contributed by atoms with Crippen molar-refractivity contribution >= 4 is 17.2 Å². The second-order valence-corrected chi connectivity index (χ2v) is 4.45. The van der Waals surface area contributed by atoms with E-state index in [-0.39, 0.29) is 6.17 Å². The highest BCUT2D eigenvalue weighted by molar-refractivity contribution is 7.80. The zero-order valence-corrected chi connectivity index (χ0v) is 10.6. The lowest BCUT2D eigenvalue weighted by atomic mass is 10.2. The van der Waals surface area contributed by atoms with Gasteiger partial charge in [-0.25, -0.2) is 4.68 Å². The molecule has 0 amide bonds. The van der Waals surface area contributed by atoms with Gasteiger partial charge in [0.2, 0.25) is 0 Å². The maximum absolute atomic E-state index is 5.27. The largest absolute Gasteiger partial charge is 0.361 e. The highest BCUT2D eigenvalue weighted by Crippen LogP contribution is 2.01. The van der Waals surface area contributed by atoms with Crippen LogP contribution in [0.5, 0.6) is 0 Å². The normalized spacial score (nSPS) is 18.5. The summed E-state index contributed by atoms with van der Waals surface area (Å²) in [6.45, 7) is 0.908. The molecule has 0 saturated carbocycles. The van der Waals surface area contributed by atoms with Crippen LogP contribution in [-0.2, 0) is 13.5 Å². The van der Waals surface area contributed by atoms with Crippen LogP contribution >= 0.6 is 12.2 Å². The molecule has 1 aliphatic heterocycles. The molecule has 1 atom stereocenters. The monoisotopic (exact) mass is 252 g/mol. The van der Waals surface area contributed by atoms with Crippen molar-refractivity contribution in [1.29, 1.82) is 0 Å². The molecule has 1 aromatic rings. The van der Waals surface area contributed by atoms with Gasteiger partial charge < -0.3 is 5.32 Å². The van der Waals surface area contributed by atoms with Crippen molar-refractivity contribution < 1.29 is 0 Å². The lowest BCUT2D eigenvalue weighted by Gasteiger charge is -2.13. The van der Waals surface area contributed by atoms with Gasteiger partial charge >= 0.3 is 0 Å². The Balaban J connectivity index is 1.66. The predicted octanol–water partition coefficient (Wildman–Crippen LogP) is -0.0647. The van der Waals surface area contributed by atoms with Crippen molar-refractivity contribution in [2.45, 2.75) is 25.4 Å². The minimum atomic E-state index is 0.194. The second kappa shape index (κ2) is 5.83. The predicted molar refractivity (Wildman–Crippen MR) is 68.4 cm³/mol. The van der Waals surface area contributed by atoms with Gasteiger partial charge in [-0.2, -0.15) is 0 Å². The van der Waals surface area contributed by atoms with E-state index in [9.17, 15) is 0 Å². The van der Waals surface area contributed by atoms with Crippen molar-refractivity contribution in [3.8, 4) is 0 Å². The van der Waals surface area contributed by atoms with Gasteiger partial charge in [0.15, 0.2) is 5.82 Å². The molecule has 2 N–H and O–H groups in total. The van der Waals surface area contributed by atoms with Crippen LogP contribution in [-0.4, -0.2) is 37.9 Å². The van der Waals surface area contributed by atoms with Crippen molar-refractivity contribution in [3.05, 3.63) is 18.0 Å². The summed E-state index contributed by atoms with van der Waals surface area (Å²) in [5, 5.41) is 17.8. The molecular weight excluding hydrogens is 236 g/mol. The number of nitrogens with zero attached hydrogens (tertiary/aromatic N) is 4. The summed E-state index contributed by atoms with van der Waals surface area (Å²) in [7, 11) is 1.85. The van der Waals surface area contributed by atoms with Gasteiger partial charge in [-0.3, -0.25) is 5.32 Å². The standard InChI is InChI=1S/C10H16N6S/c1-16-9(13-14-15-16)5-2-6-10(17)12-8-4-3-7-11-8/h3-4,8,11H,2,5-7H2,1H3,(H,12,17). The number of tetrazole rings is 1. The number of aryl methyl sites for hydroxylation is 2. The fourth-order valence-electron chi connectivity index (χ4n) is 1.68. The van der Waals surface area contributed by atoms with E-state index in [1.54, 1.807) is 4.68 Å². The first-order chi connectivity index (χ1) is 8.25. The van der Waals surface area contributed by atoms with Gasteiger partial charge in [-0.1, -0.05) is 24.4 Å². The van der Waals surface area contributed by atoms with E-state index in [1.807, 2.05) is 7.05 Å². The SMILES string of the molecule is Cn1nnnc1CCCC(=S)NC1C=CCN1. The van der Waals surface area contributed by atoms with E-state index in [1.165, 1.54) is 0 Å². The zero-order chi connectivity index (χ0) is 12.1. The lowest BCUT2D eigenvalue weighted by Crippen LogP contribution is -2.40. The van der Waals surface area contributed by atoms with Gasteiger partial charge in [0.1, 0.15) is 0 Å². The maximum Gasteiger partial charge on any atom is 0.150 e. The van der Waals surface area contributed by atoms with Crippen LogP contribution in [0.15, 0.2) is 12.2 Å². The summed E-state index contributed by atoms with van der Waals surface area (Å²) >= 11 is 5.27. The van der Waals surface area contributed by atoms with Crippen LogP contribution in [0, 0.1) is 0 Å². The Bertz CT molecular complexity index is 413. The number of thiocarbonyl (C=S) groups is 1. The molecule has 0 aromatic carbocycles. The average Bonchev–Trinajstić information content (AvgIpc) is 2.91. The molecule has 17 heavy (non-hydrogen) atoms. The molecule has 2 heterocycles. The molecule has 0 bridgehead atoms. The molecule has 1 aromatic heterocycles. The quantitative estimate of drug-likeness (QED) is 0.565. The van der Waals surface area contributed by atoms with E-state index in [0.29, 0.717) is 0 Å². The second-order valence-electron chi connectivity index (χ2n) is 3.95. The van der Waals surface area contributed by atoms with Gasteiger partial charge in [-0.15, -0.1) is 5.10 Å². The van der Waals surface area contributed by atoms with Crippen LogP contribution in [0.3, 0.4) is 0 Å². The number of hydrogen-bond acceptors (Lipinski definition) is 5. The Morgan fingerprint density at radius 3 is 3.24 bits per heavy atom. The molecule has 0 aliphatic carbocycles. The van der Waals surface area contributed by atoms with Crippen LogP contribution in [0.1, 0.15) is 18.7 Å². The Morgan fingerprint density at radius 2 is 2.59 bits per heavy atom. The van der Waals surface area contributed by atoms with Crippen LogP contribution in [0.4, 0.5) is 0 Å². The Labute approximate surface area is 105 Å². The minimum absolute atomic E-state index is 0.194. The molecule has 0 fully saturated rings. The Morgan fingerprint density at radius 1 is 1.71 bits per heavy atom. The highest BCUT2D eigenvalue weighted by Gasteiger charge is 2.09. The molecule has 0 radical (unpaired) electrons. The molecule has 0 spiro atoms. The summed E-state index contributed by atoms with van der Waals surface area (Å²) < 4.78 is 1.69. The van der Waals surface area contributed by atoms with Crippen LogP contribution in [0.25, 0.3) is 0 Å². The van der Waals surface area contributed by atoms with Gasteiger partial charge in [-0.05, 0) is 23.3 Å². The molecule has 92 valence electrons. The molecule has 7 heteroatoms. The molecule has 2 rings (SSSR count). The van der Waals surface area contributed by atoms with Crippen molar-refractivity contribution in [3.63, 3.8) is 0 Å². The van der Waals surface area contributed by atoms with E-state index < -0.39 is 0 Å². The molecular formula is C10H16N6S. The van der Waals surface area contributed by atoms with Crippen LogP contribution < -0.4 is 10.6 Å². The number of hydrogen-bond donors (Lipinski definition) is 2. The summed E-state index contributed by atoms with van der Waals surface area (Å²) in [5.74, 6) is 0.895. The highest BCUT2D eigenvalue weighted by atomic mass is 32.1. The topological polar surface area (TPSA) is 67.7 Å². The third-order valence-electron chi connectivity index (χ3n) is 2.61. The zero-order valence-electron chi connectivity index (χ0n) is 9.76. The van der Waals surface area contributed by atoms with Crippen molar-refractivity contribution in [2.75, 3.05) is 6.54 Å². The number of nitrogens with one attached hydrogen (secondary N) is 2. The Hall–Kier alpha value is -1.34. The molecule has 6 nitrogen and oxygen atoms in total. The summed E-state index contributed by atoms with van der Waals surface area (Å²) in [4.78, 5) is 0.879. The summed E-state index contributed by atoms with van der Waals surface area (Å²) in [6.07, 6.45) is 7.02. The van der Waals surface area contributed by atoms with E-state index >= 15 is 0 Å². The molecule has 1 unspecified atom stereocenters. The van der Waals surface area contributed by atoms with E-state index in [4.69, 9.17) is 12.2 Å². The van der Waals surface area contributed by atoms with Gasteiger partial charge in [0.05, 0.1) is 11.2 Å². The Kier molecular flexibility index (Phi) is 4.16. The molecule has 1 aliphatic rings. The first-order valence-electron chi connectivity index (χ1n) is 5.66. The fraction of sp³-hybridized carbons (Fsp3) is 0.600. The third-order valence-corrected chi connectivity index (χ3v) is 2.93. The first-order valence-corrected chi connectivity index (χ1v) is 6.07. The number of aromatic nitrogens is 4. The summed E-state index contributed by atoms with van der Waals surface area (Å²) in [6, 6.07) is 0. The van der Waals surface area contributed by atoms with Crippen molar-refractivity contribution in [1.82, 2.24) is 30.8 Å². The third kappa shape index (κ3) is 3.57. The van der Waals surface area contributed by atoms with Gasteiger partial charge in [0.25, 0.3) is 0 Å². The van der Waals surface area contributed by atoms with Crippen LogP contribution in [0.2, 0.25) is 0 Å². The van der Waals surface area contributed by atoms with Gasteiger partial charge in [0, 0.05) is 20.0 Å². The fourth-order valence-corrected chi connectivity index (χ4v) is 1.95. The molecule has 0 saturated heterocycles. The summed E-state index contributed by atoms with van der Waals surface area (Å²) in [5.41, 5.74) is 0. The average molecular weight is 252 g/mol. The maximum atomic E-state index is 5.27. The minimum Gasteiger partial charge on any atom is -0.361 e. The number of rotatable bonds is 5.